The van der Waals surface area contributed by atoms with Crippen molar-refractivity contribution in [2.45, 2.75) is 37.6 Å². The molecular formula is C14H21NO3. The Morgan fingerprint density at radius 2 is 2.11 bits per heavy atom. The van der Waals surface area contributed by atoms with Gasteiger partial charge in [0.05, 0.1) is 7.11 Å². The van der Waals surface area contributed by atoms with E-state index in [1.165, 1.54) is 7.11 Å². The van der Waals surface area contributed by atoms with E-state index in [1.54, 1.807) is 17.1 Å². The van der Waals surface area contributed by atoms with Crippen LogP contribution in [0.25, 0.3) is 0 Å². The Hall–Kier alpha value is -1.58. The fourth-order valence-corrected chi connectivity index (χ4v) is 2.54. The monoisotopic (exact) mass is 251 g/mol. The minimum atomic E-state index is -0.839. The van der Waals surface area contributed by atoms with E-state index in [1.807, 2.05) is 0 Å². The van der Waals surface area contributed by atoms with Gasteiger partial charge in [-0.15, -0.1) is 13.2 Å². The van der Waals surface area contributed by atoms with Crippen molar-refractivity contribution in [1.29, 1.82) is 0 Å². The molecule has 1 amide bonds. The van der Waals surface area contributed by atoms with Crippen molar-refractivity contribution < 1.29 is 14.3 Å². The van der Waals surface area contributed by atoms with Crippen LogP contribution < -0.4 is 0 Å². The fourth-order valence-electron chi connectivity index (χ4n) is 2.54. The highest BCUT2D eigenvalue weighted by molar-refractivity contribution is 5.89. The van der Waals surface area contributed by atoms with Gasteiger partial charge < -0.3 is 9.64 Å². The number of carbonyl (C=O) groups is 2. The van der Waals surface area contributed by atoms with Gasteiger partial charge in [-0.2, -0.15) is 0 Å². The van der Waals surface area contributed by atoms with Crippen molar-refractivity contribution in [2.24, 2.45) is 0 Å². The Morgan fingerprint density at radius 3 is 2.67 bits per heavy atom. The van der Waals surface area contributed by atoms with Gasteiger partial charge in [0.25, 0.3) is 0 Å². The lowest BCUT2D eigenvalue weighted by atomic mass is 9.91. The molecule has 1 fully saturated rings. The number of likely N-dealkylation sites (tertiary alicyclic amines) is 1. The summed E-state index contributed by atoms with van der Waals surface area (Å²) in [6.45, 7) is 7.89. The molecule has 0 aromatic rings. The van der Waals surface area contributed by atoms with Gasteiger partial charge >= 0.3 is 5.97 Å². The van der Waals surface area contributed by atoms with Gasteiger partial charge in [0, 0.05) is 13.0 Å². The number of rotatable bonds is 6. The zero-order valence-electron chi connectivity index (χ0n) is 11.0. The third-order valence-electron chi connectivity index (χ3n) is 3.40. The summed E-state index contributed by atoms with van der Waals surface area (Å²) in [5.74, 6) is -0.355. The van der Waals surface area contributed by atoms with Crippen LogP contribution in [-0.2, 0) is 14.3 Å². The quantitative estimate of drug-likeness (QED) is 0.536. The first-order valence-corrected chi connectivity index (χ1v) is 6.23. The number of nitrogens with zero attached hydrogens (tertiary/aromatic N) is 1. The molecule has 1 saturated heterocycles. The molecule has 4 nitrogen and oxygen atoms in total. The molecule has 0 radical (unpaired) electrons. The van der Waals surface area contributed by atoms with Gasteiger partial charge in [-0.05, 0) is 25.7 Å². The average Bonchev–Trinajstić information content (AvgIpc) is 2.80. The van der Waals surface area contributed by atoms with Crippen molar-refractivity contribution >= 4 is 11.9 Å². The van der Waals surface area contributed by atoms with E-state index in [0.717, 1.165) is 6.42 Å². The lowest BCUT2D eigenvalue weighted by Gasteiger charge is -2.35. The largest absolute Gasteiger partial charge is 0.467 e. The molecule has 1 atom stereocenters. The number of carbonyl (C=O) groups excluding carboxylic acids is 2. The van der Waals surface area contributed by atoms with Crippen LogP contribution in [0.15, 0.2) is 25.3 Å². The molecule has 1 heterocycles. The molecule has 1 rings (SSSR count). The van der Waals surface area contributed by atoms with Crippen LogP contribution in [0.2, 0.25) is 0 Å². The fraction of sp³-hybridized carbons (Fsp3) is 0.571. The Bertz CT molecular complexity index is 351. The summed E-state index contributed by atoms with van der Waals surface area (Å²) in [4.78, 5) is 25.8. The minimum absolute atomic E-state index is 0.0142. The molecule has 0 unspecified atom stereocenters. The van der Waals surface area contributed by atoms with Crippen LogP contribution in [-0.4, -0.2) is 36.0 Å². The average molecular weight is 251 g/mol. The van der Waals surface area contributed by atoms with E-state index < -0.39 is 5.54 Å². The molecule has 0 aromatic carbocycles. The zero-order chi connectivity index (χ0) is 13.6. The minimum Gasteiger partial charge on any atom is -0.467 e. The predicted molar refractivity (Wildman–Crippen MR) is 69.9 cm³/mol. The zero-order valence-corrected chi connectivity index (χ0v) is 11.0. The SMILES string of the molecule is C=CCCC(=O)N1CCC[C@@]1(CC=C)C(=O)OC. The Balaban J connectivity index is 2.93. The molecule has 1 aliphatic rings. The molecule has 0 spiro atoms. The number of ether oxygens (including phenoxy) is 1. The second-order valence-corrected chi connectivity index (χ2v) is 4.49. The van der Waals surface area contributed by atoms with Crippen molar-refractivity contribution in [3.63, 3.8) is 0 Å². The van der Waals surface area contributed by atoms with E-state index in [2.05, 4.69) is 13.2 Å². The molecular weight excluding hydrogens is 230 g/mol. The van der Waals surface area contributed by atoms with Crippen LogP contribution in [0.4, 0.5) is 0 Å². The number of allylic oxidation sites excluding steroid dienone is 1. The van der Waals surface area contributed by atoms with Crippen molar-refractivity contribution in [3.8, 4) is 0 Å². The van der Waals surface area contributed by atoms with Crippen LogP contribution in [0, 0.1) is 0 Å². The number of esters is 1. The lowest BCUT2D eigenvalue weighted by molar-refractivity contribution is -0.159. The topological polar surface area (TPSA) is 46.6 Å². The molecule has 0 aromatic heterocycles. The van der Waals surface area contributed by atoms with Crippen LogP contribution >= 0.6 is 0 Å². The van der Waals surface area contributed by atoms with Gasteiger partial charge in [-0.25, -0.2) is 4.79 Å². The van der Waals surface area contributed by atoms with Gasteiger partial charge in [0.2, 0.25) is 5.91 Å². The summed E-state index contributed by atoms with van der Waals surface area (Å²) in [6.07, 6.45) is 6.31. The standard InChI is InChI=1S/C14H21NO3/c1-4-6-8-12(16)15-11-7-10-14(15,9-5-2)13(17)18-3/h4-5H,1-2,6-11H2,3H3/t14-/m0/s1. The molecule has 0 bridgehead atoms. The predicted octanol–water partition coefficient (Wildman–Crippen LogP) is 2.06. The maximum atomic E-state index is 12.2. The van der Waals surface area contributed by atoms with Crippen molar-refractivity contribution in [3.05, 3.63) is 25.3 Å². The van der Waals surface area contributed by atoms with E-state index >= 15 is 0 Å². The van der Waals surface area contributed by atoms with Crippen molar-refractivity contribution in [1.82, 2.24) is 4.90 Å². The first kappa shape index (κ1) is 14.5. The summed E-state index contributed by atoms with van der Waals surface area (Å²) in [7, 11) is 1.36. The number of hydrogen-bond donors (Lipinski definition) is 0. The summed E-state index contributed by atoms with van der Waals surface area (Å²) in [5.41, 5.74) is -0.839. The normalized spacial score (nSPS) is 22.6. The maximum Gasteiger partial charge on any atom is 0.332 e. The van der Waals surface area contributed by atoms with E-state index in [9.17, 15) is 9.59 Å². The van der Waals surface area contributed by atoms with Gasteiger partial charge in [0.15, 0.2) is 0 Å². The lowest BCUT2D eigenvalue weighted by Crippen LogP contribution is -2.53. The third-order valence-corrected chi connectivity index (χ3v) is 3.40. The molecule has 0 aliphatic carbocycles. The van der Waals surface area contributed by atoms with E-state index in [0.29, 0.717) is 32.2 Å². The van der Waals surface area contributed by atoms with Crippen LogP contribution in [0.5, 0.6) is 0 Å². The van der Waals surface area contributed by atoms with Crippen molar-refractivity contribution in [2.75, 3.05) is 13.7 Å². The van der Waals surface area contributed by atoms with Gasteiger partial charge in [-0.1, -0.05) is 12.2 Å². The number of hydrogen-bond acceptors (Lipinski definition) is 3. The van der Waals surface area contributed by atoms with E-state index in [4.69, 9.17) is 4.74 Å². The van der Waals surface area contributed by atoms with Gasteiger partial charge in [0.1, 0.15) is 5.54 Å². The molecule has 100 valence electrons. The highest BCUT2D eigenvalue weighted by atomic mass is 16.5. The first-order valence-electron chi connectivity index (χ1n) is 6.23. The smallest absolute Gasteiger partial charge is 0.332 e. The highest BCUT2D eigenvalue weighted by Crippen LogP contribution is 2.34. The number of amides is 1. The van der Waals surface area contributed by atoms with Gasteiger partial charge in [-0.3, -0.25) is 4.79 Å². The molecule has 0 N–H and O–H groups in total. The Kier molecular flexibility index (Phi) is 5.13. The molecule has 1 aliphatic heterocycles. The van der Waals surface area contributed by atoms with Crippen LogP contribution in [0.1, 0.15) is 32.1 Å². The second-order valence-electron chi connectivity index (χ2n) is 4.49. The number of methoxy groups -OCH3 is 1. The Labute approximate surface area is 108 Å². The summed E-state index contributed by atoms with van der Waals surface area (Å²) in [6, 6.07) is 0. The summed E-state index contributed by atoms with van der Waals surface area (Å²) in [5, 5.41) is 0. The van der Waals surface area contributed by atoms with Crippen LogP contribution in [0.3, 0.4) is 0 Å². The highest BCUT2D eigenvalue weighted by Gasteiger charge is 2.49. The maximum absolute atomic E-state index is 12.2. The molecule has 0 saturated carbocycles. The first-order chi connectivity index (χ1) is 8.62. The Morgan fingerprint density at radius 1 is 1.39 bits per heavy atom. The molecule has 4 heteroatoms. The van der Waals surface area contributed by atoms with E-state index in [-0.39, 0.29) is 11.9 Å². The second kappa shape index (κ2) is 6.38. The third kappa shape index (κ3) is 2.63. The summed E-state index contributed by atoms with van der Waals surface area (Å²) >= 11 is 0. The molecule has 18 heavy (non-hydrogen) atoms. The summed E-state index contributed by atoms with van der Waals surface area (Å²) < 4.78 is 4.87.